The number of phenolic OH excluding ortho intramolecular Hbond substituents is 1. The molecule has 4 N–H and O–H groups in total. The maximum Gasteiger partial charge on any atom is 0.249 e. The summed E-state index contributed by atoms with van der Waals surface area (Å²) in [5.41, 5.74) is 9.36. The molecule has 2 aromatic carbocycles. The highest BCUT2D eigenvalue weighted by Gasteiger charge is 2.16. The standard InChI is InChI=1S/C20H15N3O2/c21-20(25)15-5-2-1-4-13(15)14-6-3-7-16(19(14)24)18-10-12-11-22-9-8-17(12)23-18/h1-11,23-24H,(H2,21,25). The first kappa shape index (κ1) is 15.0. The maximum atomic E-state index is 11.7. The number of hydrogen-bond donors (Lipinski definition) is 3. The number of aromatic amines is 1. The number of pyridine rings is 1. The summed E-state index contributed by atoms with van der Waals surface area (Å²) in [5.74, 6) is -0.437. The zero-order chi connectivity index (χ0) is 17.4. The summed E-state index contributed by atoms with van der Waals surface area (Å²) in [6.45, 7) is 0. The van der Waals surface area contributed by atoms with Crippen molar-refractivity contribution in [1.29, 1.82) is 0 Å². The number of nitrogens with one attached hydrogen (secondary N) is 1. The Morgan fingerprint density at radius 2 is 1.76 bits per heavy atom. The summed E-state index contributed by atoms with van der Waals surface area (Å²) < 4.78 is 0. The Morgan fingerprint density at radius 1 is 1.00 bits per heavy atom. The molecule has 2 aromatic heterocycles. The van der Waals surface area contributed by atoms with Crippen molar-refractivity contribution in [1.82, 2.24) is 9.97 Å². The van der Waals surface area contributed by atoms with Crippen LogP contribution < -0.4 is 5.73 Å². The van der Waals surface area contributed by atoms with Crippen LogP contribution in [0.4, 0.5) is 0 Å². The average molecular weight is 329 g/mol. The SMILES string of the molecule is NC(=O)c1ccccc1-c1cccc(-c2cc3cnccc3[nH]2)c1O. The molecular weight excluding hydrogens is 314 g/mol. The Morgan fingerprint density at radius 3 is 2.56 bits per heavy atom. The van der Waals surface area contributed by atoms with Gasteiger partial charge in [0.2, 0.25) is 5.91 Å². The second-order valence-corrected chi connectivity index (χ2v) is 5.76. The van der Waals surface area contributed by atoms with Crippen LogP contribution in [0, 0.1) is 0 Å². The van der Waals surface area contributed by atoms with Gasteiger partial charge in [-0.2, -0.15) is 0 Å². The third-order valence-corrected chi connectivity index (χ3v) is 4.23. The van der Waals surface area contributed by atoms with Crippen LogP contribution in [0.15, 0.2) is 67.0 Å². The van der Waals surface area contributed by atoms with Crippen molar-refractivity contribution in [3.63, 3.8) is 0 Å². The highest BCUT2D eigenvalue weighted by atomic mass is 16.3. The molecule has 1 amide bonds. The van der Waals surface area contributed by atoms with Crippen molar-refractivity contribution in [3.05, 3.63) is 72.6 Å². The molecule has 0 aliphatic carbocycles. The summed E-state index contributed by atoms with van der Waals surface area (Å²) in [6, 6.07) is 16.2. The first-order chi connectivity index (χ1) is 12.1. The van der Waals surface area contributed by atoms with Gasteiger partial charge in [0, 0.05) is 40.0 Å². The zero-order valence-electron chi connectivity index (χ0n) is 13.2. The second kappa shape index (κ2) is 5.79. The van der Waals surface area contributed by atoms with Crippen molar-refractivity contribution >= 4 is 16.8 Å². The van der Waals surface area contributed by atoms with E-state index >= 15 is 0 Å². The number of aromatic nitrogens is 2. The topological polar surface area (TPSA) is 92.0 Å². The molecule has 25 heavy (non-hydrogen) atoms. The minimum atomic E-state index is -0.530. The number of hydrogen-bond acceptors (Lipinski definition) is 3. The number of phenols is 1. The number of fused-ring (bicyclic) bond motifs is 1. The highest BCUT2D eigenvalue weighted by molar-refractivity contribution is 6.01. The largest absolute Gasteiger partial charge is 0.507 e. The van der Waals surface area contributed by atoms with E-state index < -0.39 is 5.91 Å². The second-order valence-electron chi connectivity index (χ2n) is 5.76. The summed E-state index contributed by atoms with van der Waals surface area (Å²) in [4.78, 5) is 19.1. The van der Waals surface area contributed by atoms with Crippen LogP contribution in [0.5, 0.6) is 5.75 Å². The van der Waals surface area contributed by atoms with Gasteiger partial charge in [-0.05, 0) is 29.8 Å². The molecule has 0 radical (unpaired) electrons. The van der Waals surface area contributed by atoms with Crippen molar-refractivity contribution in [2.24, 2.45) is 5.73 Å². The van der Waals surface area contributed by atoms with Gasteiger partial charge < -0.3 is 15.8 Å². The molecule has 0 aliphatic rings. The molecule has 4 rings (SSSR count). The predicted octanol–water partition coefficient (Wildman–Crippen LogP) is 3.70. The molecule has 0 bridgehead atoms. The number of carbonyl (C=O) groups is 1. The fourth-order valence-corrected chi connectivity index (χ4v) is 3.03. The van der Waals surface area contributed by atoms with E-state index in [4.69, 9.17) is 5.73 Å². The van der Waals surface area contributed by atoms with Crippen LogP contribution in [-0.2, 0) is 0 Å². The fraction of sp³-hybridized carbons (Fsp3) is 0. The number of amides is 1. The lowest BCUT2D eigenvalue weighted by atomic mass is 9.95. The number of nitrogens with two attached hydrogens (primary N) is 1. The average Bonchev–Trinajstić information content (AvgIpc) is 3.05. The van der Waals surface area contributed by atoms with Gasteiger partial charge in [0.1, 0.15) is 5.75 Å². The number of para-hydroxylation sites is 1. The van der Waals surface area contributed by atoms with Crippen molar-refractivity contribution in [3.8, 4) is 28.1 Å². The van der Waals surface area contributed by atoms with Gasteiger partial charge >= 0.3 is 0 Å². The number of primary amides is 1. The van der Waals surface area contributed by atoms with Gasteiger partial charge in [0.25, 0.3) is 0 Å². The number of carbonyl (C=O) groups excluding carboxylic acids is 1. The Balaban J connectivity index is 1.91. The molecule has 2 heterocycles. The van der Waals surface area contributed by atoms with E-state index in [9.17, 15) is 9.90 Å². The van der Waals surface area contributed by atoms with Crippen LogP contribution >= 0.6 is 0 Å². The first-order valence-electron chi connectivity index (χ1n) is 7.79. The fourth-order valence-electron chi connectivity index (χ4n) is 3.03. The molecule has 0 saturated carbocycles. The molecule has 0 spiro atoms. The molecule has 0 fully saturated rings. The lowest BCUT2D eigenvalue weighted by Crippen LogP contribution is -2.12. The molecule has 5 nitrogen and oxygen atoms in total. The van der Waals surface area contributed by atoms with Crippen LogP contribution in [0.2, 0.25) is 0 Å². The number of rotatable bonds is 3. The molecular formula is C20H15N3O2. The van der Waals surface area contributed by atoms with E-state index in [0.717, 1.165) is 16.6 Å². The number of nitrogens with zero attached hydrogens (tertiary/aromatic N) is 1. The van der Waals surface area contributed by atoms with Crippen molar-refractivity contribution in [2.75, 3.05) is 0 Å². The van der Waals surface area contributed by atoms with Gasteiger partial charge in [-0.15, -0.1) is 0 Å². The zero-order valence-corrected chi connectivity index (χ0v) is 13.2. The van der Waals surface area contributed by atoms with E-state index in [-0.39, 0.29) is 5.75 Å². The molecule has 5 heteroatoms. The molecule has 122 valence electrons. The number of aromatic hydroxyl groups is 1. The van der Waals surface area contributed by atoms with Gasteiger partial charge in [-0.25, -0.2) is 0 Å². The number of H-pyrrole nitrogens is 1. The van der Waals surface area contributed by atoms with E-state index in [1.165, 1.54) is 0 Å². The van der Waals surface area contributed by atoms with E-state index in [0.29, 0.717) is 22.3 Å². The molecule has 0 aliphatic heterocycles. The number of benzene rings is 2. The van der Waals surface area contributed by atoms with Crippen LogP contribution in [0.1, 0.15) is 10.4 Å². The van der Waals surface area contributed by atoms with Gasteiger partial charge in [-0.1, -0.05) is 30.3 Å². The summed E-state index contributed by atoms with van der Waals surface area (Å²) in [6.07, 6.45) is 3.47. The van der Waals surface area contributed by atoms with E-state index in [1.54, 1.807) is 36.7 Å². The normalized spacial score (nSPS) is 10.9. The summed E-state index contributed by atoms with van der Waals surface area (Å²) in [5, 5.41) is 11.8. The Kier molecular flexibility index (Phi) is 3.47. The minimum absolute atomic E-state index is 0.0933. The highest BCUT2D eigenvalue weighted by Crippen LogP contribution is 2.39. The third-order valence-electron chi connectivity index (χ3n) is 4.23. The Labute approximate surface area is 143 Å². The van der Waals surface area contributed by atoms with Crippen LogP contribution in [0.25, 0.3) is 33.3 Å². The quantitative estimate of drug-likeness (QED) is 0.535. The summed E-state index contributed by atoms with van der Waals surface area (Å²) >= 11 is 0. The molecule has 4 aromatic rings. The molecule has 0 unspecified atom stereocenters. The minimum Gasteiger partial charge on any atom is -0.507 e. The van der Waals surface area contributed by atoms with Crippen molar-refractivity contribution < 1.29 is 9.90 Å². The van der Waals surface area contributed by atoms with Crippen molar-refractivity contribution in [2.45, 2.75) is 0 Å². The van der Waals surface area contributed by atoms with E-state index in [1.807, 2.05) is 30.3 Å². The predicted molar refractivity (Wildman–Crippen MR) is 97.1 cm³/mol. The van der Waals surface area contributed by atoms with Gasteiger partial charge in [-0.3, -0.25) is 9.78 Å². The first-order valence-corrected chi connectivity index (χ1v) is 7.79. The van der Waals surface area contributed by atoms with Crippen LogP contribution in [-0.4, -0.2) is 21.0 Å². The smallest absolute Gasteiger partial charge is 0.249 e. The molecule has 0 atom stereocenters. The Bertz CT molecular complexity index is 1070. The van der Waals surface area contributed by atoms with Gasteiger partial charge in [0.05, 0.1) is 5.69 Å². The maximum absolute atomic E-state index is 11.7. The third kappa shape index (κ3) is 2.52. The molecule has 0 saturated heterocycles. The Hall–Kier alpha value is -3.60. The van der Waals surface area contributed by atoms with E-state index in [2.05, 4.69) is 9.97 Å². The lowest BCUT2D eigenvalue weighted by Gasteiger charge is -2.11. The van der Waals surface area contributed by atoms with Gasteiger partial charge in [0.15, 0.2) is 0 Å². The lowest BCUT2D eigenvalue weighted by molar-refractivity contribution is 0.100. The summed E-state index contributed by atoms with van der Waals surface area (Å²) in [7, 11) is 0. The van der Waals surface area contributed by atoms with Crippen LogP contribution in [0.3, 0.4) is 0 Å². The monoisotopic (exact) mass is 329 g/mol.